The average Bonchev–Trinajstić information content (AvgIpc) is 1.62. The van der Waals surface area contributed by atoms with Crippen LogP contribution >= 0.6 is 36.1 Å². The minimum absolute atomic E-state index is 0. The van der Waals surface area contributed by atoms with Crippen molar-refractivity contribution >= 4 is 170 Å². The first-order valence-corrected chi connectivity index (χ1v) is 45.0. The minimum atomic E-state index is -4.88. The van der Waals surface area contributed by atoms with Crippen LogP contribution in [0.2, 0.25) is 0 Å². The van der Waals surface area contributed by atoms with E-state index in [0.29, 0.717) is 88.7 Å². The van der Waals surface area contributed by atoms with Gasteiger partial charge in [0.25, 0.3) is 10.1 Å². The Morgan fingerprint density at radius 2 is 0.687 bits per heavy atom. The van der Waals surface area contributed by atoms with Crippen molar-refractivity contribution in [2.45, 2.75) is 29.4 Å². The zero-order valence-corrected chi connectivity index (χ0v) is 83.8. The summed E-state index contributed by atoms with van der Waals surface area (Å²) in [6, 6.07) is 86.6. The molecule has 0 bridgehead atoms. The Bertz CT molecular complexity index is 7750. The molecule has 6 N–H and O–H groups in total. The predicted molar refractivity (Wildman–Crippen MR) is 488 cm³/mol. The number of nitrogen functional groups attached to an aromatic ring is 2. The average molecular weight is 1940 g/mol. The molecule has 4 heterocycles. The van der Waals surface area contributed by atoms with Gasteiger partial charge in [0, 0.05) is 48.0 Å². The van der Waals surface area contributed by atoms with Gasteiger partial charge < -0.3 is 31.1 Å². The third-order valence-electron chi connectivity index (χ3n) is 19.9. The van der Waals surface area contributed by atoms with Crippen molar-refractivity contribution in [2.24, 2.45) is 0 Å². The van der Waals surface area contributed by atoms with Crippen molar-refractivity contribution in [1.82, 2.24) is 60.0 Å². The predicted octanol–water partition coefficient (Wildman–Crippen LogP) is 4.80. The summed E-state index contributed by atoms with van der Waals surface area (Å²) in [5.41, 5.74) is 26.1. The van der Waals surface area contributed by atoms with Crippen molar-refractivity contribution in [3.63, 3.8) is 0 Å². The van der Waals surface area contributed by atoms with Crippen LogP contribution in [-0.4, -0.2) is 104 Å². The molecule has 0 aliphatic heterocycles. The fraction of sp³-hybridized carbons (Fsp3) is 0. The molecule has 4 aromatic heterocycles. The Morgan fingerprint density at radius 3 is 1.13 bits per heavy atom. The van der Waals surface area contributed by atoms with Crippen LogP contribution in [0, 0.1) is 0 Å². The number of fused-ring (bicyclic) bond motifs is 6. The van der Waals surface area contributed by atoms with Gasteiger partial charge in [-0.1, -0.05) is 260 Å². The third kappa shape index (κ3) is 25.5. The van der Waals surface area contributed by atoms with Crippen LogP contribution in [0.4, 0.5) is 11.4 Å². The SMILES string of the molecule is Nc1ccc(C=Cc2ccc(-c3ccc(C=Cc4ccc(N)cc4S(=O)(=O)[O-])cc3)cc2)c(SOO[O-])c1.O=S(=O)(O)c1cc(-n2nc3ccc4ccccc4c3n2)ccc1C=Cc1ccc(-n2nc3ccc4ccccc4c3n2)cc1SOOO.O=S(=O)([O-])c1cc(-n2ncc(-c3ccccc3)n2)ccc1C=Cc1ccc(-n2ncc(-c3ccccc3)n2)cc1SOO[O-].[Na+].[Na+].[Na+].[Na+]. The summed E-state index contributed by atoms with van der Waals surface area (Å²) in [5.74, 6) is 0. The van der Waals surface area contributed by atoms with E-state index in [2.05, 4.69) is 59.5 Å². The van der Waals surface area contributed by atoms with Gasteiger partial charge in [-0.2, -0.15) is 46.5 Å². The van der Waals surface area contributed by atoms with E-state index in [0.717, 1.165) is 102 Å². The molecule has 650 valence electrons. The van der Waals surface area contributed by atoms with E-state index in [-0.39, 0.29) is 150 Å². The molecule has 18 rings (SSSR count). The summed E-state index contributed by atoms with van der Waals surface area (Å²) in [5, 5.41) is 80.3. The van der Waals surface area contributed by atoms with E-state index < -0.39 is 35.2 Å². The van der Waals surface area contributed by atoms with Crippen molar-refractivity contribution in [3.8, 4) is 56.4 Å². The first-order valence-electron chi connectivity index (χ1n) is 38.5. The molecule has 0 fully saturated rings. The molecule has 0 saturated heterocycles. The van der Waals surface area contributed by atoms with Gasteiger partial charge >= 0.3 is 118 Å². The smallest absolute Gasteiger partial charge is 0.744 e. The van der Waals surface area contributed by atoms with Crippen LogP contribution in [-0.2, 0) is 58.5 Å². The summed E-state index contributed by atoms with van der Waals surface area (Å²) < 4.78 is 120. The number of nitrogens with zero attached hydrogens (tertiary/aromatic N) is 12. The summed E-state index contributed by atoms with van der Waals surface area (Å²) in [7, 11) is -14.2. The molecule has 32 nitrogen and oxygen atoms in total. The van der Waals surface area contributed by atoms with Gasteiger partial charge in [0.05, 0.1) is 81.1 Å². The topological polar surface area (TPSA) is 465 Å². The molecule has 18 aromatic rings. The zero-order chi connectivity index (χ0) is 90.5. The fourth-order valence-corrected chi connectivity index (χ4v) is 17.3. The van der Waals surface area contributed by atoms with Gasteiger partial charge in [0.1, 0.15) is 58.6 Å². The third-order valence-corrected chi connectivity index (χ3v) is 24.6. The number of rotatable bonds is 27. The largest absolute Gasteiger partial charge is 1.00 e. The first-order chi connectivity index (χ1) is 63.0. The van der Waals surface area contributed by atoms with E-state index in [1.54, 1.807) is 116 Å². The summed E-state index contributed by atoms with van der Waals surface area (Å²) >= 11 is 2.17. The van der Waals surface area contributed by atoms with Gasteiger partial charge in [0.15, 0.2) is 0 Å². The van der Waals surface area contributed by atoms with Gasteiger partial charge in [-0.15, -0.1) is 34.9 Å². The number of anilines is 2. The monoisotopic (exact) mass is 1940 g/mol. The molecule has 14 aromatic carbocycles. The summed E-state index contributed by atoms with van der Waals surface area (Å²) in [6.07, 6.45) is 16.5. The van der Waals surface area contributed by atoms with Crippen molar-refractivity contribution in [3.05, 3.63) is 348 Å². The van der Waals surface area contributed by atoms with E-state index in [1.165, 1.54) is 49.5 Å². The van der Waals surface area contributed by atoms with Gasteiger partial charge in [-0.25, -0.2) is 22.1 Å². The number of hydrogen-bond donors (Lipinski definition) is 4. The second-order valence-electron chi connectivity index (χ2n) is 28.2. The fourth-order valence-electron chi connectivity index (χ4n) is 13.6. The molecular formula is C92H64N14Na4O18S6. The molecule has 134 heavy (non-hydrogen) atoms. The number of nitrogens with two attached hydrogens (primary N) is 2. The Morgan fingerprint density at radius 1 is 0.336 bits per heavy atom. The zero-order valence-electron chi connectivity index (χ0n) is 70.9. The minimum Gasteiger partial charge on any atom is -0.744 e. The number of hydrogen-bond acceptors (Lipinski definition) is 30. The van der Waals surface area contributed by atoms with Gasteiger partial charge in [-0.3, -0.25) is 14.6 Å². The molecule has 0 aliphatic rings. The maximum atomic E-state index is 12.5. The molecule has 42 heteroatoms. The molecule has 0 radical (unpaired) electrons. The summed E-state index contributed by atoms with van der Waals surface area (Å²) in [6.45, 7) is 0. The summed E-state index contributed by atoms with van der Waals surface area (Å²) in [4.78, 5) is 5.95. The van der Waals surface area contributed by atoms with Crippen LogP contribution in [0.15, 0.2) is 333 Å². The Hall–Kier alpha value is -10.3. The molecule has 0 unspecified atom stereocenters. The number of aromatic nitrogens is 12. The first kappa shape index (κ1) is 103. The quantitative estimate of drug-likeness (QED) is 0.0102. The van der Waals surface area contributed by atoms with E-state index >= 15 is 0 Å². The Kier molecular flexibility index (Phi) is 35.9. The van der Waals surface area contributed by atoms with Crippen molar-refractivity contribution < 1.29 is 201 Å². The van der Waals surface area contributed by atoms with Crippen molar-refractivity contribution in [1.29, 1.82) is 0 Å². The molecular weight excluding hydrogens is 1870 g/mol. The molecule has 0 amide bonds. The number of benzene rings is 14. The van der Waals surface area contributed by atoms with Crippen LogP contribution in [0.3, 0.4) is 0 Å². The molecule has 0 atom stereocenters. The maximum Gasteiger partial charge on any atom is 1.00 e. The maximum absolute atomic E-state index is 12.5. The van der Waals surface area contributed by atoms with Crippen LogP contribution in [0.5, 0.6) is 0 Å². The Balaban J connectivity index is 0.000000180. The molecule has 0 spiro atoms. The molecule has 0 aliphatic carbocycles. The standard InChI is InChI=1S/C34H22N6O6S2.C30H22N6O6S2.C28H24N2O6S2.4Na/c41-45-46-47-31-19-25(39-35-29-17-13-21-5-1-3-7-27(21)33(29)37-39)15-11-23(31)9-10-24-12-16-26(20-32(24)48(42,43)44)40-36-30-18-14-22-6-2-4-8-28(22)34(30)38-40;37-41-42-43-29-17-25(35-31-19-27(33-35)21-7-3-1-4-8-21)15-13-23(29)11-12-24-14-16-26(18-30(24)44(38,39)40)36-32-20-28(34-36)22-9-5-2-6-10-22;29-25-15-13-23(27(17-25)37-36-35-31)11-5-19-1-7-21(8-2-19)22-9-3-20(4-10-22)6-12-24-14-16-26(30)18-28(24)38(32,33)34;;;;/h1-20,41H,(H,42,43,44);1-20,37H,(H,38,39,40);1-18,31H,29-30H2,(H,32,33,34);;;;/q;;;4*+1/p-4. The molecule has 0 saturated carbocycles. The van der Waals surface area contributed by atoms with E-state index in [4.69, 9.17) is 26.2 Å². The second kappa shape index (κ2) is 46.9. The van der Waals surface area contributed by atoms with Crippen LogP contribution < -0.4 is 140 Å². The van der Waals surface area contributed by atoms with Crippen LogP contribution in [0.1, 0.15) is 44.5 Å². The normalized spacial score (nSPS) is 11.7. The van der Waals surface area contributed by atoms with Crippen LogP contribution in [0.25, 0.3) is 149 Å². The second-order valence-corrected chi connectivity index (χ2v) is 34.5. The van der Waals surface area contributed by atoms with E-state index in [9.17, 15) is 49.4 Å². The Labute approximate surface area is 866 Å². The van der Waals surface area contributed by atoms with E-state index in [1.807, 2.05) is 200 Å². The van der Waals surface area contributed by atoms with Gasteiger partial charge in [-0.05, 0) is 151 Å². The van der Waals surface area contributed by atoms with Crippen molar-refractivity contribution in [2.75, 3.05) is 11.5 Å². The van der Waals surface area contributed by atoms with Gasteiger partial charge in [0.2, 0.25) is 0 Å².